The van der Waals surface area contributed by atoms with Gasteiger partial charge in [-0.05, 0) is 54.8 Å². The Balaban J connectivity index is 1.37. The van der Waals surface area contributed by atoms with Gasteiger partial charge in [0.25, 0.3) is 5.91 Å². The van der Waals surface area contributed by atoms with E-state index in [1.54, 1.807) is 31.4 Å². The van der Waals surface area contributed by atoms with E-state index in [9.17, 15) is 9.59 Å². The van der Waals surface area contributed by atoms with Crippen molar-refractivity contribution in [3.05, 3.63) is 59.7 Å². The normalized spacial score (nSPS) is 18.1. The van der Waals surface area contributed by atoms with E-state index < -0.39 is 5.41 Å². The lowest BCUT2D eigenvalue weighted by Crippen LogP contribution is -2.44. The minimum absolute atomic E-state index is 0.0660. The second kappa shape index (κ2) is 11.5. The fraction of sp³-hybridized carbons (Fsp3) is 0.462. The summed E-state index contributed by atoms with van der Waals surface area (Å²) < 4.78 is 16.2. The maximum atomic E-state index is 13.5. The molecule has 34 heavy (non-hydrogen) atoms. The predicted octanol–water partition coefficient (Wildman–Crippen LogP) is 2.44. The van der Waals surface area contributed by atoms with Crippen LogP contribution in [-0.4, -0.2) is 76.4 Å². The Hall–Kier alpha value is -2.94. The zero-order valence-corrected chi connectivity index (χ0v) is 19.7. The van der Waals surface area contributed by atoms with Crippen LogP contribution in [0.15, 0.2) is 48.5 Å². The van der Waals surface area contributed by atoms with E-state index in [4.69, 9.17) is 14.2 Å². The van der Waals surface area contributed by atoms with Crippen LogP contribution in [0.3, 0.4) is 0 Å². The van der Waals surface area contributed by atoms with E-state index >= 15 is 0 Å². The molecule has 0 spiro atoms. The molecule has 2 N–H and O–H groups in total. The van der Waals surface area contributed by atoms with E-state index in [1.165, 1.54) is 0 Å². The van der Waals surface area contributed by atoms with Crippen LogP contribution in [0.5, 0.6) is 5.75 Å². The number of hydrogen-bond donors (Lipinski definition) is 2. The SMILES string of the molecule is COc1ccc(C2(C(=O)Nc3ccc(C(=O)NCCN4CCOCC4)cc3)CCOCC2)cc1. The third-order valence-corrected chi connectivity index (χ3v) is 6.65. The van der Waals surface area contributed by atoms with Gasteiger partial charge in [-0.25, -0.2) is 0 Å². The van der Waals surface area contributed by atoms with Gasteiger partial charge in [0.2, 0.25) is 5.91 Å². The molecule has 8 heteroatoms. The van der Waals surface area contributed by atoms with E-state index in [1.807, 2.05) is 24.3 Å². The number of nitrogens with one attached hydrogen (secondary N) is 2. The Morgan fingerprint density at radius 3 is 2.24 bits per heavy atom. The highest BCUT2D eigenvalue weighted by Gasteiger charge is 2.41. The summed E-state index contributed by atoms with van der Waals surface area (Å²) in [6.07, 6.45) is 1.21. The van der Waals surface area contributed by atoms with Gasteiger partial charge in [0.1, 0.15) is 5.75 Å². The van der Waals surface area contributed by atoms with E-state index in [0.717, 1.165) is 44.2 Å². The van der Waals surface area contributed by atoms with Crippen molar-refractivity contribution in [3.63, 3.8) is 0 Å². The molecule has 2 heterocycles. The molecular formula is C26H33N3O5. The molecule has 0 saturated carbocycles. The van der Waals surface area contributed by atoms with Crippen LogP contribution in [0.25, 0.3) is 0 Å². The quantitative estimate of drug-likeness (QED) is 0.620. The van der Waals surface area contributed by atoms with E-state index in [2.05, 4.69) is 15.5 Å². The maximum Gasteiger partial charge on any atom is 0.251 e. The highest BCUT2D eigenvalue weighted by Crippen LogP contribution is 2.37. The number of ether oxygens (including phenoxy) is 3. The monoisotopic (exact) mass is 467 g/mol. The Morgan fingerprint density at radius 1 is 0.941 bits per heavy atom. The predicted molar refractivity (Wildman–Crippen MR) is 129 cm³/mol. The van der Waals surface area contributed by atoms with Crippen molar-refractivity contribution in [1.29, 1.82) is 0 Å². The van der Waals surface area contributed by atoms with Gasteiger partial charge in [-0.1, -0.05) is 12.1 Å². The number of anilines is 1. The van der Waals surface area contributed by atoms with Crippen molar-refractivity contribution >= 4 is 17.5 Å². The smallest absolute Gasteiger partial charge is 0.251 e. The third kappa shape index (κ3) is 5.75. The van der Waals surface area contributed by atoms with Gasteiger partial charge in [0.15, 0.2) is 0 Å². The van der Waals surface area contributed by atoms with Crippen molar-refractivity contribution in [1.82, 2.24) is 10.2 Å². The van der Waals surface area contributed by atoms with Crippen molar-refractivity contribution in [2.24, 2.45) is 0 Å². The Morgan fingerprint density at radius 2 is 1.59 bits per heavy atom. The van der Waals surface area contributed by atoms with Crippen molar-refractivity contribution in [2.75, 3.05) is 65.0 Å². The number of nitrogens with zero attached hydrogens (tertiary/aromatic N) is 1. The van der Waals surface area contributed by atoms with Crippen LogP contribution >= 0.6 is 0 Å². The van der Waals surface area contributed by atoms with Crippen molar-refractivity contribution in [3.8, 4) is 5.75 Å². The number of carbonyl (C=O) groups excluding carboxylic acids is 2. The van der Waals surface area contributed by atoms with Crippen LogP contribution in [0.1, 0.15) is 28.8 Å². The summed E-state index contributed by atoms with van der Waals surface area (Å²) in [5.41, 5.74) is 1.51. The Kier molecular flexibility index (Phi) is 8.16. The average Bonchev–Trinajstić information content (AvgIpc) is 2.90. The molecule has 2 amide bonds. The molecule has 0 bridgehead atoms. The van der Waals surface area contributed by atoms with Crippen molar-refractivity contribution < 1.29 is 23.8 Å². The summed E-state index contributed by atoms with van der Waals surface area (Å²) in [7, 11) is 1.62. The highest BCUT2D eigenvalue weighted by molar-refractivity contribution is 6.00. The number of morpholine rings is 1. The molecule has 2 aliphatic heterocycles. The number of benzene rings is 2. The molecule has 0 unspecified atom stereocenters. The molecule has 2 saturated heterocycles. The number of amides is 2. The van der Waals surface area contributed by atoms with Gasteiger partial charge in [0.05, 0.1) is 25.7 Å². The minimum Gasteiger partial charge on any atom is -0.497 e. The first kappa shape index (κ1) is 24.2. The largest absolute Gasteiger partial charge is 0.497 e. The zero-order valence-electron chi connectivity index (χ0n) is 19.7. The van der Waals surface area contributed by atoms with Crippen molar-refractivity contribution in [2.45, 2.75) is 18.3 Å². The van der Waals surface area contributed by atoms with Gasteiger partial charge in [-0.2, -0.15) is 0 Å². The summed E-state index contributed by atoms with van der Waals surface area (Å²) in [5.74, 6) is 0.569. The van der Waals surface area contributed by atoms with Crippen LogP contribution in [0.2, 0.25) is 0 Å². The van der Waals surface area contributed by atoms with Crippen LogP contribution in [0.4, 0.5) is 5.69 Å². The first-order chi connectivity index (χ1) is 16.6. The lowest BCUT2D eigenvalue weighted by Gasteiger charge is -2.36. The first-order valence-electron chi connectivity index (χ1n) is 11.8. The highest BCUT2D eigenvalue weighted by atomic mass is 16.5. The fourth-order valence-electron chi connectivity index (χ4n) is 4.49. The Bertz CT molecular complexity index is 949. The summed E-state index contributed by atoms with van der Waals surface area (Å²) in [6, 6.07) is 14.7. The van der Waals surface area contributed by atoms with E-state index in [-0.39, 0.29) is 11.8 Å². The molecule has 2 aliphatic rings. The number of carbonyl (C=O) groups is 2. The van der Waals surface area contributed by atoms with E-state index in [0.29, 0.717) is 43.9 Å². The molecule has 0 aliphatic carbocycles. The second-order valence-corrected chi connectivity index (χ2v) is 8.66. The lowest BCUT2D eigenvalue weighted by molar-refractivity contribution is -0.125. The van der Waals surface area contributed by atoms with Crippen LogP contribution in [0, 0.1) is 0 Å². The first-order valence-corrected chi connectivity index (χ1v) is 11.8. The summed E-state index contributed by atoms with van der Waals surface area (Å²) in [6.45, 7) is 5.74. The molecular weight excluding hydrogens is 434 g/mol. The number of rotatable bonds is 8. The lowest BCUT2D eigenvalue weighted by atomic mass is 9.73. The molecule has 2 aromatic carbocycles. The summed E-state index contributed by atoms with van der Waals surface area (Å²) in [5, 5.41) is 6.02. The molecule has 4 rings (SSSR count). The molecule has 182 valence electrons. The molecule has 2 aromatic rings. The summed E-state index contributed by atoms with van der Waals surface area (Å²) in [4.78, 5) is 28.2. The number of hydrogen-bond acceptors (Lipinski definition) is 6. The molecule has 8 nitrogen and oxygen atoms in total. The molecule has 0 radical (unpaired) electrons. The van der Waals surface area contributed by atoms with Gasteiger partial charge < -0.3 is 24.8 Å². The second-order valence-electron chi connectivity index (χ2n) is 8.66. The number of methoxy groups -OCH3 is 1. The standard InChI is InChI=1S/C26H33N3O5/c1-32-23-8-4-21(5-9-23)26(10-16-33-17-11-26)25(31)28-22-6-2-20(3-7-22)24(30)27-12-13-29-14-18-34-19-15-29/h2-9H,10-19H2,1H3,(H,27,30)(H,28,31). The minimum atomic E-state index is -0.667. The zero-order chi connectivity index (χ0) is 23.8. The van der Waals surface area contributed by atoms with Crippen LogP contribution < -0.4 is 15.4 Å². The topological polar surface area (TPSA) is 89.1 Å². The third-order valence-electron chi connectivity index (χ3n) is 6.65. The van der Waals surface area contributed by atoms with Gasteiger partial charge >= 0.3 is 0 Å². The molecule has 0 atom stereocenters. The van der Waals surface area contributed by atoms with Gasteiger partial charge in [-0.3, -0.25) is 14.5 Å². The van der Waals surface area contributed by atoms with Gasteiger partial charge in [-0.15, -0.1) is 0 Å². The Labute approximate surface area is 200 Å². The molecule has 2 fully saturated rings. The van der Waals surface area contributed by atoms with Gasteiger partial charge in [0, 0.05) is 50.6 Å². The summed E-state index contributed by atoms with van der Waals surface area (Å²) >= 11 is 0. The maximum absolute atomic E-state index is 13.5. The fourth-order valence-corrected chi connectivity index (χ4v) is 4.49. The average molecular weight is 468 g/mol. The van der Waals surface area contributed by atoms with Crippen LogP contribution in [-0.2, 0) is 19.7 Å². The molecule has 0 aromatic heterocycles.